The summed E-state index contributed by atoms with van der Waals surface area (Å²) in [6, 6.07) is 5.71. The zero-order valence-corrected chi connectivity index (χ0v) is 12.7. The molecule has 2 aromatic rings. The highest BCUT2D eigenvalue weighted by atomic mass is 79.9. The van der Waals surface area contributed by atoms with Crippen LogP contribution >= 0.6 is 15.9 Å². The van der Waals surface area contributed by atoms with E-state index in [0.29, 0.717) is 11.2 Å². The quantitative estimate of drug-likeness (QED) is 0.787. The van der Waals surface area contributed by atoms with Crippen LogP contribution in [0.25, 0.3) is 16.6 Å². The monoisotopic (exact) mass is 318 g/mol. The number of hydrogen-bond donors (Lipinski definition) is 0. The summed E-state index contributed by atoms with van der Waals surface area (Å²) in [6.07, 6.45) is 5.97. The smallest absolute Gasteiger partial charge is 0.281 e. The zero-order valence-electron chi connectivity index (χ0n) is 11.1. The van der Waals surface area contributed by atoms with Crippen molar-refractivity contribution in [2.45, 2.75) is 20.8 Å². The van der Waals surface area contributed by atoms with Gasteiger partial charge in [-0.15, -0.1) is 0 Å². The van der Waals surface area contributed by atoms with Crippen LogP contribution in [0.4, 0.5) is 0 Å². The van der Waals surface area contributed by atoms with Crippen LogP contribution in [0.5, 0.6) is 0 Å². The Morgan fingerprint density at radius 2 is 2.11 bits per heavy atom. The van der Waals surface area contributed by atoms with Crippen molar-refractivity contribution in [2.75, 3.05) is 0 Å². The van der Waals surface area contributed by atoms with Crippen molar-refractivity contribution in [3.8, 4) is 0 Å². The van der Waals surface area contributed by atoms with Gasteiger partial charge in [0.1, 0.15) is 5.82 Å². The van der Waals surface area contributed by atoms with Crippen LogP contribution < -0.4 is 5.56 Å². The van der Waals surface area contributed by atoms with Gasteiger partial charge in [0.05, 0.1) is 10.9 Å². The second-order valence-corrected chi connectivity index (χ2v) is 5.00. The van der Waals surface area contributed by atoms with Crippen molar-refractivity contribution in [2.24, 2.45) is 0 Å². The molecule has 0 unspecified atom stereocenters. The summed E-state index contributed by atoms with van der Waals surface area (Å²) in [5.41, 5.74) is 1.65. The van der Waals surface area contributed by atoms with E-state index in [4.69, 9.17) is 0 Å². The van der Waals surface area contributed by atoms with Gasteiger partial charge in [0.25, 0.3) is 5.56 Å². The van der Waals surface area contributed by atoms with Crippen LogP contribution in [0, 0.1) is 6.92 Å². The fourth-order valence-electron chi connectivity index (χ4n) is 2.13. The molecule has 1 aromatic heterocycles. The maximum atomic E-state index is 12.0. The highest BCUT2D eigenvalue weighted by molar-refractivity contribution is 9.10. The van der Waals surface area contributed by atoms with Crippen molar-refractivity contribution in [1.29, 1.82) is 0 Å². The molecule has 0 bridgehead atoms. The molecule has 1 heterocycles. The summed E-state index contributed by atoms with van der Waals surface area (Å²) in [5.74, 6) is 0.682. The number of aryl methyl sites for hydroxylation is 1. The molecule has 19 heavy (non-hydrogen) atoms. The standard InChI is InChI=1S/C15H15BrN2O/c1-4-7-11(5-2)18-10(3)17-15(19)14-12(16)8-6-9-13(14)18/h4-9H,1-3H3/b7-4-,11-5-. The molecule has 0 fully saturated rings. The highest BCUT2D eigenvalue weighted by Gasteiger charge is 2.11. The first-order valence-electron chi connectivity index (χ1n) is 6.07. The van der Waals surface area contributed by atoms with E-state index >= 15 is 0 Å². The molecular weight excluding hydrogens is 304 g/mol. The maximum absolute atomic E-state index is 12.0. The second kappa shape index (κ2) is 5.53. The normalized spacial score (nSPS) is 12.5. The minimum absolute atomic E-state index is 0.202. The lowest BCUT2D eigenvalue weighted by molar-refractivity contribution is 0.953. The van der Waals surface area contributed by atoms with E-state index in [-0.39, 0.29) is 5.56 Å². The van der Waals surface area contributed by atoms with Gasteiger partial charge in [-0.25, -0.2) is 0 Å². The van der Waals surface area contributed by atoms with Gasteiger partial charge in [-0.3, -0.25) is 9.36 Å². The van der Waals surface area contributed by atoms with Crippen molar-refractivity contribution < 1.29 is 0 Å². The fourth-order valence-corrected chi connectivity index (χ4v) is 2.66. The van der Waals surface area contributed by atoms with Gasteiger partial charge in [0.15, 0.2) is 0 Å². The number of benzene rings is 1. The van der Waals surface area contributed by atoms with Gasteiger partial charge in [-0.1, -0.05) is 18.2 Å². The van der Waals surface area contributed by atoms with Gasteiger partial charge in [0, 0.05) is 10.2 Å². The second-order valence-electron chi connectivity index (χ2n) is 4.15. The van der Waals surface area contributed by atoms with Gasteiger partial charge in [-0.05, 0) is 54.9 Å². The Morgan fingerprint density at radius 1 is 1.37 bits per heavy atom. The van der Waals surface area contributed by atoms with Crippen LogP contribution in [0.1, 0.15) is 19.7 Å². The highest BCUT2D eigenvalue weighted by Crippen LogP contribution is 2.23. The molecule has 2 rings (SSSR count). The fraction of sp³-hybridized carbons (Fsp3) is 0.200. The summed E-state index contributed by atoms with van der Waals surface area (Å²) in [7, 11) is 0. The first kappa shape index (κ1) is 13.7. The molecule has 98 valence electrons. The molecule has 0 spiro atoms. The molecule has 1 aromatic carbocycles. The average Bonchev–Trinajstić information content (AvgIpc) is 2.37. The Kier molecular flexibility index (Phi) is 4.00. The number of hydrogen-bond acceptors (Lipinski definition) is 2. The Morgan fingerprint density at radius 3 is 2.74 bits per heavy atom. The van der Waals surface area contributed by atoms with Crippen molar-refractivity contribution in [3.63, 3.8) is 0 Å². The molecular formula is C15H15BrN2O. The average molecular weight is 319 g/mol. The van der Waals surface area contributed by atoms with Crippen LogP contribution in [-0.2, 0) is 0 Å². The van der Waals surface area contributed by atoms with E-state index in [2.05, 4.69) is 20.9 Å². The van der Waals surface area contributed by atoms with E-state index in [1.54, 1.807) is 0 Å². The summed E-state index contributed by atoms with van der Waals surface area (Å²) in [5, 5.41) is 0.608. The minimum atomic E-state index is -0.202. The predicted octanol–water partition coefficient (Wildman–Crippen LogP) is 3.90. The van der Waals surface area contributed by atoms with E-state index in [1.807, 2.05) is 61.8 Å². The molecule has 0 radical (unpaired) electrons. The number of allylic oxidation sites excluding steroid dienone is 4. The van der Waals surface area contributed by atoms with E-state index in [1.165, 1.54) is 0 Å². The lowest BCUT2D eigenvalue weighted by atomic mass is 10.2. The van der Waals surface area contributed by atoms with Gasteiger partial charge in [-0.2, -0.15) is 4.98 Å². The summed E-state index contributed by atoms with van der Waals surface area (Å²) < 4.78 is 2.76. The Labute approximate surface area is 120 Å². The van der Waals surface area contributed by atoms with Crippen LogP contribution in [0.2, 0.25) is 0 Å². The first-order valence-corrected chi connectivity index (χ1v) is 6.86. The Balaban J connectivity index is 2.96. The molecule has 0 aliphatic rings. The van der Waals surface area contributed by atoms with E-state index in [9.17, 15) is 4.79 Å². The number of aromatic nitrogens is 2. The zero-order chi connectivity index (χ0) is 14.0. The first-order chi connectivity index (χ1) is 9.10. The molecule has 3 nitrogen and oxygen atoms in total. The number of halogens is 1. The molecule has 0 amide bonds. The molecule has 0 saturated heterocycles. The molecule has 0 N–H and O–H groups in total. The van der Waals surface area contributed by atoms with Crippen molar-refractivity contribution in [3.05, 3.63) is 57.1 Å². The van der Waals surface area contributed by atoms with Crippen LogP contribution in [0.15, 0.2) is 45.7 Å². The van der Waals surface area contributed by atoms with Crippen molar-refractivity contribution in [1.82, 2.24) is 9.55 Å². The summed E-state index contributed by atoms with van der Waals surface area (Å²) in [6.45, 7) is 5.78. The third-order valence-corrected chi connectivity index (χ3v) is 3.59. The third kappa shape index (κ3) is 2.40. The SMILES string of the molecule is C/C=C\C(=C\C)n1c(C)nc(=O)c2c(Br)cccc21. The molecule has 0 aliphatic carbocycles. The van der Waals surface area contributed by atoms with Crippen molar-refractivity contribution >= 4 is 32.5 Å². The van der Waals surface area contributed by atoms with Gasteiger partial charge < -0.3 is 0 Å². The lowest BCUT2D eigenvalue weighted by Gasteiger charge is -2.14. The predicted molar refractivity (Wildman–Crippen MR) is 83.2 cm³/mol. The topological polar surface area (TPSA) is 34.9 Å². The molecule has 4 heteroatoms. The van der Waals surface area contributed by atoms with Gasteiger partial charge in [0.2, 0.25) is 0 Å². The number of nitrogens with zero attached hydrogens (tertiary/aromatic N) is 2. The molecule has 0 aliphatic heterocycles. The maximum Gasteiger partial charge on any atom is 0.281 e. The largest absolute Gasteiger partial charge is 0.298 e. The van der Waals surface area contributed by atoms with E-state index in [0.717, 1.165) is 15.7 Å². The molecule has 0 saturated carbocycles. The van der Waals surface area contributed by atoms with E-state index < -0.39 is 0 Å². The number of rotatable bonds is 2. The summed E-state index contributed by atoms with van der Waals surface area (Å²) in [4.78, 5) is 16.2. The Bertz CT molecular complexity index is 742. The summed E-state index contributed by atoms with van der Waals surface area (Å²) >= 11 is 3.43. The number of fused-ring (bicyclic) bond motifs is 1. The third-order valence-electron chi connectivity index (χ3n) is 2.92. The molecule has 0 atom stereocenters. The van der Waals surface area contributed by atoms with Crippen LogP contribution in [-0.4, -0.2) is 9.55 Å². The minimum Gasteiger partial charge on any atom is -0.298 e. The van der Waals surface area contributed by atoms with Gasteiger partial charge >= 0.3 is 0 Å². The Hall–Kier alpha value is -1.68. The van der Waals surface area contributed by atoms with Crippen LogP contribution in [0.3, 0.4) is 0 Å². The lowest BCUT2D eigenvalue weighted by Crippen LogP contribution is -2.16.